The van der Waals surface area contributed by atoms with Crippen LogP contribution in [-0.4, -0.2) is 0 Å². The Bertz CT molecular complexity index is 456. The third-order valence-corrected chi connectivity index (χ3v) is 5.17. The Morgan fingerprint density at radius 2 is 0.778 bits per heavy atom. The van der Waals surface area contributed by atoms with Gasteiger partial charge in [-0.05, 0) is 101 Å². The predicted molar refractivity (Wildman–Crippen MR) is 80.6 cm³/mol. The van der Waals surface area contributed by atoms with Crippen LogP contribution in [-0.2, 0) is 0 Å². The molecular formula is C18H26. The minimum Gasteiger partial charge on any atom is -0.0698 e. The van der Waals surface area contributed by atoms with Crippen molar-refractivity contribution in [3.05, 3.63) is 44.6 Å². The van der Waals surface area contributed by atoms with Gasteiger partial charge in [-0.2, -0.15) is 0 Å². The normalized spacial score (nSPS) is 22.3. The van der Waals surface area contributed by atoms with Gasteiger partial charge in [-0.25, -0.2) is 0 Å². The molecule has 0 N–H and O–H groups in total. The molecule has 2 aliphatic carbocycles. The van der Waals surface area contributed by atoms with E-state index in [4.69, 9.17) is 0 Å². The average molecular weight is 242 g/mol. The molecule has 0 fully saturated rings. The molecule has 0 saturated carbocycles. The molecule has 0 spiro atoms. The highest BCUT2D eigenvalue weighted by Crippen LogP contribution is 2.40. The molecule has 0 unspecified atom stereocenters. The Balaban J connectivity index is 2.51. The third-order valence-electron chi connectivity index (χ3n) is 5.17. The molecule has 0 amide bonds. The molecule has 0 heterocycles. The fourth-order valence-corrected chi connectivity index (χ4v) is 3.22. The van der Waals surface area contributed by atoms with Crippen LogP contribution in [0.4, 0.5) is 0 Å². The summed E-state index contributed by atoms with van der Waals surface area (Å²) in [6.45, 7) is 13.8. The second kappa shape index (κ2) is 4.91. The maximum atomic E-state index is 2.31. The van der Waals surface area contributed by atoms with Crippen LogP contribution < -0.4 is 0 Å². The van der Waals surface area contributed by atoms with E-state index in [1.54, 1.807) is 33.4 Å². The molecule has 0 aliphatic heterocycles. The highest BCUT2D eigenvalue weighted by atomic mass is 14.3. The monoisotopic (exact) mass is 242 g/mol. The third kappa shape index (κ3) is 2.13. The Labute approximate surface area is 112 Å². The van der Waals surface area contributed by atoms with Crippen LogP contribution in [0.5, 0.6) is 0 Å². The minimum absolute atomic E-state index is 1.24. The zero-order valence-electron chi connectivity index (χ0n) is 12.8. The molecule has 0 aromatic heterocycles. The van der Waals surface area contributed by atoms with E-state index in [2.05, 4.69) is 41.5 Å². The van der Waals surface area contributed by atoms with E-state index in [0.29, 0.717) is 0 Å². The van der Waals surface area contributed by atoms with Crippen molar-refractivity contribution in [3.8, 4) is 0 Å². The van der Waals surface area contributed by atoms with Gasteiger partial charge in [0.2, 0.25) is 0 Å². The van der Waals surface area contributed by atoms with Crippen molar-refractivity contribution in [2.24, 2.45) is 0 Å². The SMILES string of the molecule is CC1=C(C)C(C)=C(C2=C(C)C(C)=C(C)CC2)CC1. The molecule has 0 atom stereocenters. The van der Waals surface area contributed by atoms with Gasteiger partial charge >= 0.3 is 0 Å². The van der Waals surface area contributed by atoms with E-state index in [9.17, 15) is 0 Å². The quantitative estimate of drug-likeness (QED) is 0.538. The molecule has 0 aromatic rings. The van der Waals surface area contributed by atoms with Crippen molar-refractivity contribution in [2.45, 2.75) is 67.2 Å². The summed E-state index contributed by atoms with van der Waals surface area (Å²) in [5, 5.41) is 0. The lowest BCUT2D eigenvalue weighted by atomic mass is 9.77. The van der Waals surface area contributed by atoms with Gasteiger partial charge in [0, 0.05) is 0 Å². The number of rotatable bonds is 1. The Morgan fingerprint density at radius 3 is 1.11 bits per heavy atom. The van der Waals surface area contributed by atoms with Gasteiger partial charge in [0.1, 0.15) is 0 Å². The van der Waals surface area contributed by atoms with Crippen LogP contribution in [0.3, 0.4) is 0 Å². The molecule has 0 saturated heterocycles. The van der Waals surface area contributed by atoms with E-state index in [1.165, 1.54) is 36.8 Å². The highest BCUT2D eigenvalue weighted by Gasteiger charge is 2.21. The Morgan fingerprint density at radius 1 is 0.444 bits per heavy atom. The molecule has 0 aromatic carbocycles. The van der Waals surface area contributed by atoms with Crippen molar-refractivity contribution in [1.29, 1.82) is 0 Å². The van der Waals surface area contributed by atoms with Crippen molar-refractivity contribution in [3.63, 3.8) is 0 Å². The number of allylic oxidation sites excluding steroid dienone is 8. The lowest BCUT2D eigenvalue weighted by Crippen LogP contribution is -2.08. The fraction of sp³-hybridized carbons (Fsp3) is 0.556. The lowest BCUT2D eigenvalue weighted by Gasteiger charge is -2.28. The summed E-state index contributed by atoms with van der Waals surface area (Å²) >= 11 is 0. The highest BCUT2D eigenvalue weighted by molar-refractivity contribution is 5.54. The summed E-state index contributed by atoms with van der Waals surface area (Å²) in [4.78, 5) is 0. The van der Waals surface area contributed by atoms with Gasteiger partial charge in [-0.1, -0.05) is 11.1 Å². The van der Waals surface area contributed by atoms with Crippen LogP contribution in [0.2, 0.25) is 0 Å². The smallest absolute Gasteiger partial charge is 0.0236 e. The van der Waals surface area contributed by atoms with E-state index >= 15 is 0 Å². The molecule has 0 nitrogen and oxygen atoms in total. The van der Waals surface area contributed by atoms with Crippen LogP contribution >= 0.6 is 0 Å². The van der Waals surface area contributed by atoms with Gasteiger partial charge < -0.3 is 0 Å². The number of hydrogen-bond acceptors (Lipinski definition) is 0. The van der Waals surface area contributed by atoms with Crippen LogP contribution in [0.1, 0.15) is 67.2 Å². The molecule has 0 bridgehead atoms. The molecule has 0 heteroatoms. The van der Waals surface area contributed by atoms with Gasteiger partial charge in [-0.15, -0.1) is 0 Å². The molecule has 98 valence electrons. The summed E-state index contributed by atoms with van der Waals surface area (Å²) in [6, 6.07) is 0. The number of hydrogen-bond donors (Lipinski definition) is 0. The van der Waals surface area contributed by atoms with Crippen LogP contribution in [0.15, 0.2) is 44.6 Å². The first kappa shape index (κ1) is 13.4. The maximum absolute atomic E-state index is 2.31. The van der Waals surface area contributed by atoms with Crippen molar-refractivity contribution in [1.82, 2.24) is 0 Å². The Kier molecular flexibility index (Phi) is 3.66. The summed E-state index contributed by atoms with van der Waals surface area (Å²) in [5.74, 6) is 0. The fourth-order valence-electron chi connectivity index (χ4n) is 3.22. The topological polar surface area (TPSA) is 0 Å². The largest absolute Gasteiger partial charge is 0.0698 e. The van der Waals surface area contributed by atoms with Crippen LogP contribution in [0, 0.1) is 0 Å². The van der Waals surface area contributed by atoms with Crippen molar-refractivity contribution < 1.29 is 0 Å². The maximum Gasteiger partial charge on any atom is -0.0236 e. The van der Waals surface area contributed by atoms with Gasteiger partial charge in [0.05, 0.1) is 0 Å². The summed E-state index contributed by atoms with van der Waals surface area (Å²) in [6.07, 6.45) is 4.98. The van der Waals surface area contributed by atoms with Gasteiger partial charge in [0.25, 0.3) is 0 Å². The van der Waals surface area contributed by atoms with E-state index in [-0.39, 0.29) is 0 Å². The van der Waals surface area contributed by atoms with Crippen molar-refractivity contribution in [2.75, 3.05) is 0 Å². The molecule has 0 radical (unpaired) electrons. The predicted octanol–water partition coefficient (Wildman–Crippen LogP) is 5.88. The van der Waals surface area contributed by atoms with Gasteiger partial charge in [0.15, 0.2) is 0 Å². The Hall–Kier alpha value is -1.04. The first-order valence-corrected chi connectivity index (χ1v) is 7.16. The zero-order valence-corrected chi connectivity index (χ0v) is 12.8. The van der Waals surface area contributed by atoms with E-state index < -0.39 is 0 Å². The molecule has 2 aliphatic rings. The first-order valence-electron chi connectivity index (χ1n) is 7.16. The molecule has 18 heavy (non-hydrogen) atoms. The summed E-state index contributed by atoms with van der Waals surface area (Å²) < 4.78 is 0. The second-order valence-electron chi connectivity index (χ2n) is 6.02. The molecule has 2 rings (SSSR count). The minimum atomic E-state index is 1.24. The standard InChI is InChI=1S/C18H26/c1-11-7-9-17(15(5)13(11)3)18-10-8-12(2)14(4)16(18)6/h7-10H2,1-6H3. The molecular weight excluding hydrogens is 216 g/mol. The first-order chi connectivity index (χ1) is 8.43. The summed E-state index contributed by atoms with van der Waals surface area (Å²) in [7, 11) is 0. The van der Waals surface area contributed by atoms with E-state index in [0.717, 1.165) is 0 Å². The average Bonchev–Trinajstić information content (AvgIpc) is 2.35. The zero-order chi connectivity index (χ0) is 13.4. The van der Waals surface area contributed by atoms with Crippen LogP contribution in [0.25, 0.3) is 0 Å². The second-order valence-corrected chi connectivity index (χ2v) is 6.02. The van der Waals surface area contributed by atoms with Crippen molar-refractivity contribution >= 4 is 0 Å². The lowest BCUT2D eigenvalue weighted by molar-refractivity contribution is 0.807. The summed E-state index contributed by atoms with van der Waals surface area (Å²) in [5.41, 5.74) is 12.6. The van der Waals surface area contributed by atoms with E-state index in [1.807, 2.05) is 0 Å². The van der Waals surface area contributed by atoms with Gasteiger partial charge in [-0.3, -0.25) is 0 Å².